The largest absolute Gasteiger partial charge is 0.358 e. The minimum atomic E-state index is -0.176. The molecule has 0 amide bonds. The van der Waals surface area contributed by atoms with Crippen molar-refractivity contribution < 1.29 is 4.39 Å². The smallest absolute Gasteiger partial charge is 0.123 e. The molecule has 1 aliphatic rings. The normalized spacial score (nSPS) is 14.6. The molecule has 15 heavy (non-hydrogen) atoms. The molecule has 0 bridgehead atoms. The van der Waals surface area contributed by atoms with E-state index in [2.05, 4.69) is 6.07 Å². The van der Waals surface area contributed by atoms with E-state index in [0.29, 0.717) is 6.54 Å². The van der Waals surface area contributed by atoms with E-state index in [1.54, 1.807) is 6.07 Å². The maximum Gasteiger partial charge on any atom is 0.123 e. The van der Waals surface area contributed by atoms with E-state index in [4.69, 9.17) is 5.26 Å². The van der Waals surface area contributed by atoms with Crippen molar-refractivity contribution in [1.29, 1.82) is 5.26 Å². The first-order valence-corrected chi connectivity index (χ1v) is 5.13. The van der Waals surface area contributed by atoms with Crippen molar-refractivity contribution in [2.45, 2.75) is 19.8 Å². The van der Waals surface area contributed by atoms with Gasteiger partial charge in [-0.1, -0.05) is 0 Å². The predicted molar refractivity (Wildman–Crippen MR) is 57.3 cm³/mol. The van der Waals surface area contributed by atoms with Gasteiger partial charge in [0.05, 0.1) is 6.07 Å². The lowest BCUT2D eigenvalue weighted by Crippen LogP contribution is -2.30. The Kier molecular flexibility index (Phi) is 2.59. The first kappa shape index (κ1) is 9.97. The number of benzene rings is 1. The fraction of sp³-hybridized carbons (Fsp3) is 0.417. The van der Waals surface area contributed by atoms with E-state index in [1.165, 1.54) is 6.07 Å². The molecule has 0 aromatic heterocycles. The quantitative estimate of drug-likeness (QED) is 0.657. The van der Waals surface area contributed by atoms with Gasteiger partial charge in [-0.2, -0.15) is 5.26 Å². The number of fused-ring (bicyclic) bond motifs is 1. The summed E-state index contributed by atoms with van der Waals surface area (Å²) in [6.45, 7) is 3.18. The molecule has 2 nitrogen and oxygen atoms in total. The van der Waals surface area contributed by atoms with Crippen LogP contribution in [0.4, 0.5) is 10.1 Å². The number of nitrogens with zero attached hydrogens (tertiary/aromatic N) is 2. The summed E-state index contributed by atoms with van der Waals surface area (Å²) < 4.78 is 13.2. The standard InChI is InChI=1S/C12H13FN2/c1-9-7-11(13)8-10-3-2-5-15(6-4-14)12(9)10/h7-8H,2-3,5-6H2,1H3. The lowest BCUT2D eigenvalue weighted by Gasteiger charge is -2.30. The molecular formula is C12H13FN2. The molecule has 78 valence electrons. The highest BCUT2D eigenvalue weighted by atomic mass is 19.1. The molecule has 1 aromatic rings. The summed E-state index contributed by atoms with van der Waals surface area (Å²) in [7, 11) is 0. The number of rotatable bonds is 1. The second kappa shape index (κ2) is 3.90. The van der Waals surface area contributed by atoms with E-state index >= 15 is 0 Å². The molecule has 0 saturated carbocycles. The summed E-state index contributed by atoms with van der Waals surface area (Å²) >= 11 is 0. The van der Waals surface area contributed by atoms with Crippen LogP contribution in [0.3, 0.4) is 0 Å². The van der Waals surface area contributed by atoms with E-state index in [-0.39, 0.29) is 5.82 Å². The van der Waals surface area contributed by atoms with Crippen LogP contribution in [-0.4, -0.2) is 13.1 Å². The van der Waals surface area contributed by atoms with Gasteiger partial charge in [0, 0.05) is 12.2 Å². The van der Waals surface area contributed by atoms with Crippen molar-refractivity contribution in [1.82, 2.24) is 0 Å². The van der Waals surface area contributed by atoms with Gasteiger partial charge in [-0.05, 0) is 43.0 Å². The highest BCUT2D eigenvalue weighted by Gasteiger charge is 2.19. The third-order valence-electron chi connectivity index (χ3n) is 2.80. The van der Waals surface area contributed by atoms with Crippen LogP contribution in [0.25, 0.3) is 0 Å². The van der Waals surface area contributed by atoms with Gasteiger partial charge in [0.25, 0.3) is 0 Å². The number of halogens is 1. The first-order chi connectivity index (χ1) is 7.22. The maximum atomic E-state index is 13.2. The van der Waals surface area contributed by atoms with Gasteiger partial charge in [-0.3, -0.25) is 0 Å². The number of nitriles is 1. The summed E-state index contributed by atoms with van der Waals surface area (Å²) in [4.78, 5) is 2.04. The van der Waals surface area contributed by atoms with Gasteiger partial charge in [0.2, 0.25) is 0 Å². The van der Waals surface area contributed by atoms with Crippen LogP contribution < -0.4 is 4.90 Å². The van der Waals surface area contributed by atoms with Crippen LogP contribution in [0.15, 0.2) is 12.1 Å². The topological polar surface area (TPSA) is 27.0 Å². The zero-order valence-corrected chi connectivity index (χ0v) is 8.76. The summed E-state index contributed by atoms with van der Waals surface area (Å²) in [6, 6.07) is 5.28. The van der Waals surface area contributed by atoms with Gasteiger partial charge < -0.3 is 4.90 Å². The highest BCUT2D eigenvalue weighted by molar-refractivity contribution is 5.61. The molecule has 0 atom stereocenters. The van der Waals surface area contributed by atoms with Gasteiger partial charge in [0.1, 0.15) is 12.4 Å². The molecule has 0 aliphatic carbocycles. The average Bonchev–Trinajstić information content (AvgIpc) is 2.17. The van der Waals surface area contributed by atoms with Crippen LogP contribution in [0, 0.1) is 24.1 Å². The van der Waals surface area contributed by atoms with Crippen molar-refractivity contribution in [2.24, 2.45) is 0 Å². The average molecular weight is 204 g/mol. The Morgan fingerprint density at radius 1 is 1.53 bits per heavy atom. The minimum Gasteiger partial charge on any atom is -0.358 e. The van der Waals surface area contributed by atoms with Gasteiger partial charge in [0.15, 0.2) is 0 Å². The monoisotopic (exact) mass is 204 g/mol. The second-order valence-electron chi connectivity index (χ2n) is 3.91. The number of aryl methyl sites for hydroxylation is 2. The molecule has 0 fully saturated rings. The number of hydrogen-bond donors (Lipinski definition) is 0. The predicted octanol–water partition coefficient (Wildman–Crippen LogP) is 2.41. The highest BCUT2D eigenvalue weighted by Crippen LogP contribution is 2.31. The van der Waals surface area contributed by atoms with Crippen LogP contribution in [-0.2, 0) is 6.42 Å². The molecule has 0 radical (unpaired) electrons. The van der Waals surface area contributed by atoms with Crippen LogP contribution >= 0.6 is 0 Å². The molecule has 0 saturated heterocycles. The second-order valence-corrected chi connectivity index (χ2v) is 3.91. The molecule has 1 aromatic carbocycles. The number of hydrogen-bond acceptors (Lipinski definition) is 2. The molecule has 3 heteroatoms. The van der Waals surface area contributed by atoms with E-state index in [1.807, 2.05) is 11.8 Å². The Morgan fingerprint density at radius 3 is 3.07 bits per heavy atom. The van der Waals surface area contributed by atoms with Gasteiger partial charge >= 0.3 is 0 Å². The molecule has 0 N–H and O–H groups in total. The van der Waals surface area contributed by atoms with Crippen molar-refractivity contribution in [3.05, 3.63) is 29.1 Å². The van der Waals surface area contributed by atoms with Crippen molar-refractivity contribution in [3.63, 3.8) is 0 Å². The Balaban J connectivity index is 2.47. The Morgan fingerprint density at radius 2 is 2.33 bits per heavy atom. The molecule has 2 rings (SSSR count). The Hall–Kier alpha value is -1.56. The van der Waals surface area contributed by atoms with E-state index < -0.39 is 0 Å². The molecule has 0 spiro atoms. The van der Waals surface area contributed by atoms with Crippen LogP contribution in [0.1, 0.15) is 17.5 Å². The van der Waals surface area contributed by atoms with E-state index in [9.17, 15) is 4.39 Å². The zero-order valence-electron chi connectivity index (χ0n) is 8.76. The van der Waals surface area contributed by atoms with Gasteiger partial charge in [-0.15, -0.1) is 0 Å². The lowest BCUT2D eigenvalue weighted by atomic mass is 9.98. The summed E-state index contributed by atoms with van der Waals surface area (Å²) in [5, 5.41) is 8.72. The fourth-order valence-corrected chi connectivity index (χ4v) is 2.26. The third-order valence-corrected chi connectivity index (χ3v) is 2.80. The molecule has 1 heterocycles. The summed E-state index contributed by atoms with van der Waals surface area (Å²) in [5.74, 6) is -0.176. The van der Waals surface area contributed by atoms with E-state index in [0.717, 1.165) is 36.2 Å². The fourth-order valence-electron chi connectivity index (χ4n) is 2.26. The van der Waals surface area contributed by atoms with Crippen molar-refractivity contribution in [3.8, 4) is 6.07 Å². The van der Waals surface area contributed by atoms with Crippen LogP contribution in [0.2, 0.25) is 0 Å². The Labute approximate surface area is 88.9 Å². The van der Waals surface area contributed by atoms with Gasteiger partial charge in [-0.25, -0.2) is 4.39 Å². The van der Waals surface area contributed by atoms with Crippen molar-refractivity contribution >= 4 is 5.69 Å². The molecule has 1 aliphatic heterocycles. The molecular weight excluding hydrogens is 191 g/mol. The number of anilines is 1. The molecule has 0 unspecified atom stereocenters. The SMILES string of the molecule is Cc1cc(F)cc2c1N(CC#N)CCC2. The zero-order chi connectivity index (χ0) is 10.8. The third kappa shape index (κ3) is 1.80. The Bertz CT molecular complexity index is 420. The maximum absolute atomic E-state index is 13.2. The minimum absolute atomic E-state index is 0.176. The summed E-state index contributed by atoms with van der Waals surface area (Å²) in [6.07, 6.45) is 1.91. The summed E-state index contributed by atoms with van der Waals surface area (Å²) in [5.41, 5.74) is 3.03. The first-order valence-electron chi connectivity index (χ1n) is 5.13. The lowest BCUT2D eigenvalue weighted by molar-refractivity contribution is 0.618. The van der Waals surface area contributed by atoms with Crippen molar-refractivity contribution in [2.75, 3.05) is 18.0 Å². The van der Waals surface area contributed by atoms with Crippen LogP contribution in [0.5, 0.6) is 0 Å².